The number of ether oxygens (including phenoxy) is 2. The van der Waals surface area contributed by atoms with Gasteiger partial charge >= 0.3 is 0 Å². The monoisotopic (exact) mass is 717 g/mol. The van der Waals surface area contributed by atoms with E-state index in [2.05, 4.69) is 91.0 Å². The predicted molar refractivity (Wildman–Crippen MR) is 213 cm³/mol. The predicted octanol–water partition coefficient (Wildman–Crippen LogP) is 10.9. The summed E-state index contributed by atoms with van der Waals surface area (Å²) in [5.74, 6) is -0.176. The van der Waals surface area contributed by atoms with Crippen molar-refractivity contribution in [3.05, 3.63) is 130 Å². The molecule has 1 aliphatic rings. The molecule has 0 unspecified atom stereocenters. The molecule has 0 N–H and O–H groups in total. The molecule has 0 saturated carbocycles. The van der Waals surface area contributed by atoms with Crippen LogP contribution in [0.2, 0.25) is 0 Å². The molecule has 1 saturated heterocycles. The first-order valence-corrected chi connectivity index (χ1v) is 19.0. The minimum atomic E-state index is -0.833. The number of methoxy groups -OCH3 is 2. The molecule has 6 rings (SSSR count). The second-order valence-corrected chi connectivity index (χ2v) is 14.5. The highest BCUT2D eigenvalue weighted by Gasteiger charge is 2.26. The molecule has 0 amide bonds. The fraction of sp³-hybridized carbons (Fsp3) is 0.370. The van der Waals surface area contributed by atoms with Crippen molar-refractivity contribution in [2.24, 2.45) is 0 Å². The van der Waals surface area contributed by atoms with E-state index in [-0.39, 0.29) is 6.04 Å². The Morgan fingerprint density at radius 1 is 0.736 bits per heavy atom. The molecular weight excluding hydrogens is 665 g/mol. The van der Waals surface area contributed by atoms with Gasteiger partial charge in [0.15, 0.2) is 23.1 Å². The summed E-state index contributed by atoms with van der Waals surface area (Å²) in [4.78, 5) is 9.38. The van der Waals surface area contributed by atoms with E-state index in [1.165, 1.54) is 39.9 Å². The summed E-state index contributed by atoms with van der Waals surface area (Å²) in [5.41, 5.74) is 12.7. The standard InChI is InChI=1S/C46H53F2N3O2/c1-7-10-35-23-38(20-31(3)32(35)4)40-22-34(27-49-28-40)29-50-18-16-41(17-19-50)51(42-14-15-43(47)44(48)26-42)30-33-12-9-13-36(21-33)39-24-37(11-8-2)46(53-6)45(25-39)52-5/h9,12-15,20-28,41H,7-8,10-11,16-19,29-30H2,1-6H3. The zero-order valence-electron chi connectivity index (χ0n) is 32.1. The van der Waals surface area contributed by atoms with Gasteiger partial charge in [-0.3, -0.25) is 9.88 Å². The summed E-state index contributed by atoms with van der Waals surface area (Å²) >= 11 is 0. The highest BCUT2D eigenvalue weighted by molar-refractivity contribution is 5.70. The zero-order chi connectivity index (χ0) is 37.5. The lowest BCUT2D eigenvalue weighted by atomic mass is 9.94. The zero-order valence-corrected chi connectivity index (χ0v) is 32.1. The highest BCUT2D eigenvalue weighted by atomic mass is 19.2. The number of hydrogen-bond donors (Lipinski definition) is 0. The second kappa shape index (κ2) is 17.4. The number of halogens is 2. The van der Waals surface area contributed by atoms with Crippen molar-refractivity contribution < 1.29 is 18.3 Å². The summed E-state index contributed by atoms with van der Waals surface area (Å²) in [6.07, 6.45) is 9.82. The normalized spacial score (nSPS) is 13.7. The molecule has 1 aliphatic heterocycles. The van der Waals surface area contributed by atoms with Crippen molar-refractivity contribution >= 4 is 5.69 Å². The fourth-order valence-electron chi connectivity index (χ4n) is 7.81. The molecule has 7 heteroatoms. The van der Waals surface area contributed by atoms with E-state index in [0.29, 0.717) is 18.0 Å². The van der Waals surface area contributed by atoms with Gasteiger partial charge in [-0.15, -0.1) is 0 Å². The summed E-state index contributed by atoms with van der Waals surface area (Å²) in [6.45, 7) is 12.0. The minimum Gasteiger partial charge on any atom is -0.493 e. The summed E-state index contributed by atoms with van der Waals surface area (Å²) in [7, 11) is 3.35. The Morgan fingerprint density at radius 3 is 2.17 bits per heavy atom. The van der Waals surface area contributed by atoms with Gasteiger partial charge in [0.1, 0.15) is 0 Å². The Labute approximate surface area is 314 Å². The van der Waals surface area contributed by atoms with Crippen molar-refractivity contribution in [3.8, 4) is 33.8 Å². The molecule has 53 heavy (non-hydrogen) atoms. The number of aryl methyl sites for hydroxylation is 3. The van der Waals surface area contributed by atoms with Crippen LogP contribution < -0.4 is 14.4 Å². The first-order valence-electron chi connectivity index (χ1n) is 19.0. The SMILES string of the molecule is CCCc1cc(-c2cncc(CN3CCC(N(Cc4cccc(-c5cc(CCC)c(OC)c(OC)c5)c4)c4ccc(F)c(F)c4)CC3)c2)cc(C)c1C. The van der Waals surface area contributed by atoms with Gasteiger partial charge < -0.3 is 14.4 Å². The fourth-order valence-corrected chi connectivity index (χ4v) is 7.81. The highest BCUT2D eigenvalue weighted by Crippen LogP contribution is 2.38. The van der Waals surface area contributed by atoms with Crippen LogP contribution in [0.15, 0.2) is 85.2 Å². The number of anilines is 1. The average molecular weight is 718 g/mol. The maximum absolute atomic E-state index is 14.7. The van der Waals surface area contributed by atoms with Crippen molar-refractivity contribution in [3.63, 3.8) is 0 Å². The molecule has 1 fully saturated rings. The number of pyridine rings is 1. The van der Waals surface area contributed by atoms with Gasteiger partial charge in [0.2, 0.25) is 0 Å². The molecule has 278 valence electrons. The molecule has 1 aromatic heterocycles. The van der Waals surface area contributed by atoms with Gasteiger partial charge in [0.25, 0.3) is 0 Å². The number of hydrogen-bond acceptors (Lipinski definition) is 5. The van der Waals surface area contributed by atoms with Crippen LogP contribution in [0.25, 0.3) is 22.3 Å². The summed E-state index contributed by atoms with van der Waals surface area (Å²) in [6, 6.07) is 24.0. The van der Waals surface area contributed by atoms with E-state index < -0.39 is 11.6 Å². The maximum atomic E-state index is 14.7. The molecule has 5 nitrogen and oxygen atoms in total. The lowest BCUT2D eigenvalue weighted by Gasteiger charge is -2.40. The molecule has 0 aliphatic carbocycles. The third kappa shape index (κ3) is 8.90. The number of benzene rings is 4. The van der Waals surface area contributed by atoms with Gasteiger partial charge in [0, 0.05) is 61.9 Å². The Balaban J connectivity index is 1.20. The van der Waals surface area contributed by atoms with Gasteiger partial charge in [-0.1, -0.05) is 57.0 Å². The summed E-state index contributed by atoms with van der Waals surface area (Å²) in [5, 5.41) is 0. The van der Waals surface area contributed by atoms with Crippen LogP contribution in [0.5, 0.6) is 11.5 Å². The topological polar surface area (TPSA) is 37.8 Å². The third-order valence-corrected chi connectivity index (χ3v) is 10.7. The Hall–Kier alpha value is -4.75. The Bertz CT molecular complexity index is 2020. The van der Waals surface area contributed by atoms with Crippen molar-refractivity contribution in [2.45, 2.75) is 85.4 Å². The lowest BCUT2D eigenvalue weighted by molar-refractivity contribution is 0.200. The number of likely N-dealkylation sites (tertiary alicyclic amines) is 1. The van der Waals surface area contributed by atoms with Crippen LogP contribution in [-0.4, -0.2) is 43.2 Å². The van der Waals surface area contributed by atoms with E-state index in [0.717, 1.165) is 91.7 Å². The molecule has 5 aromatic rings. The number of nitrogens with zero attached hydrogens (tertiary/aromatic N) is 3. The number of aromatic nitrogens is 1. The van der Waals surface area contributed by atoms with Gasteiger partial charge in [-0.05, 0) is 126 Å². The van der Waals surface area contributed by atoms with Gasteiger partial charge in [0.05, 0.1) is 14.2 Å². The summed E-state index contributed by atoms with van der Waals surface area (Å²) < 4.78 is 40.3. The van der Waals surface area contributed by atoms with Crippen LogP contribution in [0.1, 0.15) is 72.9 Å². The maximum Gasteiger partial charge on any atom is 0.163 e. The van der Waals surface area contributed by atoms with E-state index in [1.807, 2.05) is 18.5 Å². The van der Waals surface area contributed by atoms with Crippen LogP contribution in [-0.2, 0) is 25.9 Å². The first kappa shape index (κ1) is 38.0. The first-order chi connectivity index (χ1) is 25.7. The average Bonchev–Trinajstić information content (AvgIpc) is 3.17. The van der Waals surface area contributed by atoms with Gasteiger partial charge in [-0.25, -0.2) is 8.78 Å². The molecule has 0 spiro atoms. The number of piperidine rings is 1. The Morgan fingerprint density at radius 2 is 1.45 bits per heavy atom. The Kier molecular flexibility index (Phi) is 12.5. The second-order valence-electron chi connectivity index (χ2n) is 14.5. The van der Waals surface area contributed by atoms with E-state index in [1.54, 1.807) is 20.3 Å². The smallest absolute Gasteiger partial charge is 0.163 e. The third-order valence-electron chi connectivity index (χ3n) is 10.7. The molecule has 0 atom stereocenters. The van der Waals surface area contributed by atoms with Crippen LogP contribution >= 0.6 is 0 Å². The van der Waals surface area contributed by atoms with Crippen molar-refractivity contribution in [1.82, 2.24) is 9.88 Å². The largest absolute Gasteiger partial charge is 0.493 e. The van der Waals surface area contributed by atoms with Crippen molar-refractivity contribution in [1.29, 1.82) is 0 Å². The molecular formula is C46H53F2N3O2. The van der Waals surface area contributed by atoms with E-state index >= 15 is 0 Å². The molecule has 0 bridgehead atoms. The number of rotatable bonds is 14. The van der Waals surface area contributed by atoms with Crippen LogP contribution in [0.4, 0.5) is 14.5 Å². The lowest BCUT2D eigenvalue weighted by Crippen LogP contribution is -2.44. The molecule has 0 radical (unpaired) electrons. The van der Waals surface area contributed by atoms with Gasteiger partial charge in [-0.2, -0.15) is 0 Å². The quantitative estimate of drug-likeness (QED) is 0.114. The minimum absolute atomic E-state index is 0.161. The van der Waals surface area contributed by atoms with E-state index in [4.69, 9.17) is 9.47 Å². The van der Waals surface area contributed by atoms with Crippen LogP contribution in [0, 0.1) is 25.5 Å². The van der Waals surface area contributed by atoms with E-state index in [9.17, 15) is 8.78 Å². The molecule has 4 aromatic carbocycles. The van der Waals surface area contributed by atoms with Crippen molar-refractivity contribution in [2.75, 3.05) is 32.2 Å². The van der Waals surface area contributed by atoms with Crippen LogP contribution in [0.3, 0.4) is 0 Å². The molecule has 2 heterocycles.